The van der Waals surface area contributed by atoms with Crippen molar-refractivity contribution >= 4 is 11.9 Å². The minimum atomic E-state index is -4.56. The van der Waals surface area contributed by atoms with Crippen LogP contribution < -0.4 is 10.1 Å². The molecule has 5 nitrogen and oxygen atoms in total. The van der Waals surface area contributed by atoms with Gasteiger partial charge < -0.3 is 15.2 Å². The van der Waals surface area contributed by atoms with Gasteiger partial charge in [0.2, 0.25) is 0 Å². The summed E-state index contributed by atoms with van der Waals surface area (Å²) in [5.41, 5.74) is -0.945. The van der Waals surface area contributed by atoms with E-state index in [0.717, 1.165) is 12.1 Å². The van der Waals surface area contributed by atoms with E-state index < -0.39 is 41.9 Å². The number of amides is 1. The smallest absolute Gasteiger partial charge is 0.419 e. The average molecular weight is 331 g/mol. The molecule has 0 aliphatic heterocycles. The van der Waals surface area contributed by atoms with Crippen LogP contribution in [0.5, 0.6) is 5.75 Å². The lowest BCUT2D eigenvalue weighted by atomic mass is 10.1. The van der Waals surface area contributed by atoms with E-state index in [1.54, 1.807) is 0 Å². The maximum atomic E-state index is 12.8. The molecule has 0 heterocycles. The van der Waals surface area contributed by atoms with Crippen molar-refractivity contribution in [1.29, 1.82) is 0 Å². The fourth-order valence-corrected chi connectivity index (χ4v) is 2.58. The molecule has 1 aromatic carbocycles. The van der Waals surface area contributed by atoms with E-state index in [1.807, 2.05) is 0 Å². The fourth-order valence-electron chi connectivity index (χ4n) is 2.58. The highest BCUT2D eigenvalue weighted by Gasteiger charge is 2.34. The number of para-hydroxylation sites is 1. The molecule has 8 heteroatoms. The fraction of sp³-hybridized carbons (Fsp3) is 0.467. The Morgan fingerprint density at radius 1 is 1.26 bits per heavy atom. The minimum Gasteiger partial charge on any atom is -0.483 e. The van der Waals surface area contributed by atoms with Gasteiger partial charge in [0.15, 0.2) is 6.61 Å². The average Bonchev–Trinajstić information content (AvgIpc) is 2.93. The molecule has 0 spiro atoms. The van der Waals surface area contributed by atoms with Crippen LogP contribution in [-0.4, -0.2) is 29.6 Å². The lowest BCUT2D eigenvalue weighted by Gasteiger charge is -2.15. The molecule has 126 valence electrons. The quantitative estimate of drug-likeness (QED) is 0.869. The molecule has 1 fully saturated rings. The van der Waals surface area contributed by atoms with Gasteiger partial charge in [-0.25, -0.2) is 0 Å². The molecule has 2 N–H and O–H groups in total. The van der Waals surface area contributed by atoms with E-state index >= 15 is 0 Å². The molecular formula is C15H16F3NO4. The van der Waals surface area contributed by atoms with Gasteiger partial charge in [0.05, 0.1) is 11.5 Å². The monoisotopic (exact) mass is 331 g/mol. The Hall–Kier alpha value is -2.25. The normalized spacial score (nSPS) is 21.0. The number of nitrogens with one attached hydrogen (secondary N) is 1. The number of carboxylic acid groups (broad SMARTS) is 1. The third-order valence-corrected chi connectivity index (χ3v) is 3.70. The third-order valence-electron chi connectivity index (χ3n) is 3.70. The second-order valence-corrected chi connectivity index (χ2v) is 5.40. The van der Waals surface area contributed by atoms with Gasteiger partial charge in [0, 0.05) is 6.04 Å². The Morgan fingerprint density at radius 2 is 1.96 bits per heavy atom. The van der Waals surface area contributed by atoms with Crippen LogP contribution in [0.25, 0.3) is 0 Å². The van der Waals surface area contributed by atoms with Gasteiger partial charge in [-0.1, -0.05) is 12.1 Å². The van der Waals surface area contributed by atoms with Crippen molar-refractivity contribution in [3.05, 3.63) is 29.8 Å². The summed E-state index contributed by atoms with van der Waals surface area (Å²) < 4.78 is 43.3. The molecule has 0 radical (unpaired) electrons. The minimum absolute atomic E-state index is 0.287. The summed E-state index contributed by atoms with van der Waals surface area (Å²) in [7, 11) is 0. The molecule has 1 aromatic rings. The topological polar surface area (TPSA) is 75.6 Å². The number of aliphatic carboxylic acids is 1. The van der Waals surface area contributed by atoms with Crippen molar-refractivity contribution in [2.75, 3.05) is 6.61 Å². The summed E-state index contributed by atoms with van der Waals surface area (Å²) in [6.07, 6.45) is -3.24. The van der Waals surface area contributed by atoms with E-state index in [0.29, 0.717) is 19.3 Å². The summed E-state index contributed by atoms with van der Waals surface area (Å²) in [6, 6.07) is 4.36. The first-order valence-corrected chi connectivity index (χ1v) is 7.08. The summed E-state index contributed by atoms with van der Waals surface area (Å²) in [4.78, 5) is 22.6. The number of alkyl halides is 3. The highest BCUT2D eigenvalue weighted by atomic mass is 19.4. The first-order chi connectivity index (χ1) is 10.8. The Bertz CT molecular complexity index is 588. The Labute approximate surface area is 130 Å². The molecular weight excluding hydrogens is 315 g/mol. The molecule has 1 amide bonds. The summed E-state index contributed by atoms with van der Waals surface area (Å²) in [6.45, 7) is -0.554. The molecule has 23 heavy (non-hydrogen) atoms. The molecule has 0 unspecified atom stereocenters. The van der Waals surface area contributed by atoms with Crippen LogP contribution in [0, 0.1) is 5.92 Å². The van der Waals surface area contributed by atoms with Gasteiger partial charge in [-0.15, -0.1) is 0 Å². The van der Waals surface area contributed by atoms with Crippen molar-refractivity contribution in [3.8, 4) is 5.75 Å². The van der Waals surface area contributed by atoms with Gasteiger partial charge in [-0.3, -0.25) is 9.59 Å². The number of carbonyl (C=O) groups excluding carboxylic acids is 1. The van der Waals surface area contributed by atoms with E-state index in [-0.39, 0.29) is 6.04 Å². The Balaban J connectivity index is 1.87. The van der Waals surface area contributed by atoms with Crippen molar-refractivity contribution in [2.24, 2.45) is 5.92 Å². The van der Waals surface area contributed by atoms with Gasteiger partial charge in [-0.2, -0.15) is 13.2 Å². The van der Waals surface area contributed by atoms with Gasteiger partial charge in [0.1, 0.15) is 5.75 Å². The third kappa shape index (κ3) is 4.61. The van der Waals surface area contributed by atoms with Crippen LogP contribution in [0.15, 0.2) is 24.3 Å². The zero-order chi connectivity index (χ0) is 17.0. The number of hydrogen-bond donors (Lipinski definition) is 2. The van der Waals surface area contributed by atoms with Gasteiger partial charge in [-0.05, 0) is 31.4 Å². The highest BCUT2D eigenvalue weighted by molar-refractivity contribution is 5.78. The van der Waals surface area contributed by atoms with Gasteiger partial charge >= 0.3 is 12.1 Å². The number of carboxylic acids is 1. The molecule has 1 saturated carbocycles. The zero-order valence-electron chi connectivity index (χ0n) is 12.1. The van der Waals surface area contributed by atoms with Crippen LogP contribution in [0.3, 0.4) is 0 Å². The first-order valence-electron chi connectivity index (χ1n) is 7.08. The second-order valence-electron chi connectivity index (χ2n) is 5.40. The summed E-state index contributed by atoms with van der Waals surface area (Å²) in [5, 5.41) is 11.5. The maximum absolute atomic E-state index is 12.8. The van der Waals surface area contributed by atoms with E-state index in [9.17, 15) is 22.8 Å². The van der Waals surface area contributed by atoms with E-state index in [2.05, 4.69) is 5.32 Å². The van der Waals surface area contributed by atoms with E-state index in [1.165, 1.54) is 12.1 Å². The largest absolute Gasteiger partial charge is 0.483 e. The lowest BCUT2D eigenvalue weighted by molar-refractivity contribution is -0.141. The molecule has 0 aromatic heterocycles. The highest BCUT2D eigenvalue weighted by Crippen LogP contribution is 2.35. The summed E-state index contributed by atoms with van der Waals surface area (Å²) in [5.74, 6) is -2.38. The molecule has 0 saturated heterocycles. The molecule has 1 aliphatic carbocycles. The summed E-state index contributed by atoms with van der Waals surface area (Å²) >= 11 is 0. The van der Waals surface area contributed by atoms with Crippen LogP contribution in [0.4, 0.5) is 13.2 Å². The standard InChI is InChI=1S/C15H16F3NO4/c16-15(17,18)11-3-1-2-4-12(11)23-8-13(20)19-10-6-5-9(7-10)14(21)22/h1-4,9-10H,5-8H2,(H,19,20)(H,21,22)/t9-,10+/m1/s1. The van der Waals surface area contributed by atoms with Gasteiger partial charge in [0.25, 0.3) is 5.91 Å². The van der Waals surface area contributed by atoms with Crippen LogP contribution in [0.1, 0.15) is 24.8 Å². The van der Waals surface area contributed by atoms with Crippen molar-refractivity contribution < 1.29 is 32.6 Å². The molecule has 1 aliphatic rings. The number of rotatable bonds is 5. The zero-order valence-corrected chi connectivity index (χ0v) is 12.1. The SMILES string of the molecule is O=C(COc1ccccc1C(F)(F)F)N[C@H]1CC[C@@H](C(=O)O)C1. The predicted molar refractivity (Wildman–Crippen MR) is 73.8 cm³/mol. The Morgan fingerprint density at radius 3 is 2.57 bits per heavy atom. The number of ether oxygens (including phenoxy) is 1. The first kappa shape index (κ1) is 17.1. The van der Waals surface area contributed by atoms with Crippen molar-refractivity contribution in [3.63, 3.8) is 0 Å². The van der Waals surface area contributed by atoms with E-state index in [4.69, 9.17) is 9.84 Å². The number of carbonyl (C=O) groups is 2. The predicted octanol–water partition coefficient (Wildman–Crippen LogP) is 2.45. The van der Waals surface area contributed by atoms with Crippen LogP contribution in [-0.2, 0) is 15.8 Å². The van der Waals surface area contributed by atoms with Crippen LogP contribution in [0.2, 0.25) is 0 Å². The molecule has 2 rings (SSSR count). The van der Waals surface area contributed by atoms with Crippen LogP contribution >= 0.6 is 0 Å². The molecule has 2 atom stereocenters. The molecule has 0 bridgehead atoms. The Kier molecular flexibility index (Phi) is 5.12. The lowest BCUT2D eigenvalue weighted by Crippen LogP contribution is -2.36. The number of hydrogen-bond acceptors (Lipinski definition) is 3. The second kappa shape index (κ2) is 6.89. The van der Waals surface area contributed by atoms with Crippen molar-refractivity contribution in [2.45, 2.75) is 31.5 Å². The number of benzene rings is 1. The number of halogens is 3. The maximum Gasteiger partial charge on any atom is 0.419 e. The van der Waals surface area contributed by atoms with Crippen molar-refractivity contribution in [1.82, 2.24) is 5.32 Å².